The fourth-order valence-electron chi connectivity index (χ4n) is 8.29. The molecule has 0 bridgehead atoms. The van der Waals surface area contributed by atoms with Gasteiger partial charge in [0.15, 0.2) is 0 Å². The van der Waals surface area contributed by atoms with E-state index >= 15 is 0 Å². The molecule has 3 nitrogen and oxygen atoms in total. The number of rotatable bonds is 6. The lowest BCUT2D eigenvalue weighted by atomic mass is 9.78. The van der Waals surface area contributed by atoms with Gasteiger partial charge < -0.3 is 9.72 Å². The zero-order valence-electron chi connectivity index (χ0n) is 37.4. The monoisotopic (exact) mass is 788 g/mol. The molecular weight excluding hydrogens is 729 g/mol. The van der Waals surface area contributed by atoms with Crippen molar-refractivity contribution in [3.05, 3.63) is 167 Å². The van der Waals surface area contributed by atoms with E-state index in [0.29, 0.717) is 5.92 Å². The van der Waals surface area contributed by atoms with E-state index in [0.717, 1.165) is 45.8 Å². The number of allylic oxidation sites excluding steroid dienone is 6. The Morgan fingerprint density at radius 2 is 1.15 bits per heavy atom. The van der Waals surface area contributed by atoms with Crippen molar-refractivity contribution < 1.29 is 4.74 Å². The molecule has 2 aromatic heterocycles. The van der Waals surface area contributed by atoms with Crippen LogP contribution in [-0.4, -0.2) is 17.1 Å². The first-order valence-corrected chi connectivity index (χ1v) is 21.5. The molecular formula is C57H60N2O. The van der Waals surface area contributed by atoms with Crippen LogP contribution in [0.2, 0.25) is 0 Å². The zero-order chi connectivity index (χ0) is 42.6. The standard InChI is InChI=1S/C57H60N2O/c1-36-23-25-37(27-38(26-24-36)46-19-16-20-48-47-17-12-14-21-50(47)59-54(46)48)39-28-42(32-43(29-39)55(2,3)4)51-33-41(34-52(58-51)49-18-13-15-22-53(49)60-11)40-30-44(56(5,6)7)35-45(31-40)57(8,9)10/h12-22,24-36,59H,23H2,1-11H3/b26-24+,37-25+,38-27+. The highest BCUT2D eigenvalue weighted by molar-refractivity contribution is 6.11. The summed E-state index contributed by atoms with van der Waals surface area (Å²) in [5.41, 5.74) is 17.1. The van der Waals surface area contributed by atoms with E-state index in [1.807, 2.05) is 12.1 Å². The number of hydrogen-bond donors (Lipinski definition) is 1. The van der Waals surface area contributed by atoms with Gasteiger partial charge in [0.25, 0.3) is 0 Å². The van der Waals surface area contributed by atoms with Gasteiger partial charge in [0.05, 0.1) is 24.0 Å². The largest absolute Gasteiger partial charge is 0.496 e. The lowest BCUT2D eigenvalue weighted by Gasteiger charge is -2.26. The highest BCUT2D eigenvalue weighted by atomic mass is 16.5. The molecule has 1 aliphatic carbocycles. The predicted molar refractivity (Wildman–Crippen MR) is 258 cm³/mol. The Labute approximate surface area is 358 Å². The van der Waals surface area contributed by atoms with Crippen LogP contribution in [-0.2, 0) is 16.2 Å². The molecule has 1 aliphatic rings. The molecule has 0 amide bonds. The number of nitrogens with one attached hydrogen (secondary N) is 1. The topological polar surface area (TPSA) is 37.9 Å². The minimum Gasteiger partial charge on any atom is -0.496 e. The molecule has 7 aromatic rings. The van der Waals surface area contributed by atoms with E-state index in [1.165, 1.54) is 60.8 Å². The first kappa shape index (κ1) is 40.8. The second-order valence-electron chi connectivity index (χ2n) is 19.9. The average molecular weight is 789 g/mol. The van der Waals surface area contributed by atoms with E-state index in [9.17, 15) is 0 Å². The molecule has 8 rings (SSSR count). The summed E-state index contributed by atoms with van der Waals surface area (Å²) < 4.78 is 5.94. The fraction of sp³-hybridized carbons (Fsp3) is 0.281. The van der Waals surface area contributed by atoms with Gasteiger partial charge in [-0.25, -0.2) is 4.98 Å². The summed E-state index contributed by atoms with van der Waals surface area (Å²) in [5, 5.41) is 2.49. The van der Waals surface area contributed by atoms with Crippen molar-refractivity contribution in [2.24, 2.45) is 5.92 Å². The Morgan fingerprint density at radius 3 is 1.87 bits per heavy atom. The van der Waals surface area contributed by atoms with Crippen LogP contribution in [0.3, 0.4) is 0 Å². The fourth-order valence-corrected chi connectivity index (χ4v) is 8.29. The van der Waals surface area contributed by atoms with E-state index in [4.69, 9.17) is 9.72 Å². The highest BCUT2D eigenvalue weighted by Gasteiger charge is 2.24. The second kappa shape index (κ2) is 15.6. The average Bonchev–Trinajstić information content (AvgIpc) is 3.60. The summed E-state index contributed by atoms with van der Waals surface area (Å²) in [6, 6.07) is 42.3. The van der Waals surface area contributed by atoms with Gasteiger partial charge in [0.1, 0.15) is 5.75 Å². The molecule has 1 unspecified atom stereocenters. The van der Waals surface area contributed by atoms with Gasteiger partial charge in [0, 0.05) is 33.0 Å². The van der Waals surface area contributed by atoms with Crippen LogP contribution in [0.15, 0.2) is 140 Å². The van der Waals surface area contributed by atoms with Gasteiger partial charge in [-0.3, -0.25) is 0 Å². The molecule has 60 heavy (non-hydrogen) atoms. The Hall–Kier alpha value is -5.93. The molecule has 0 spiro atoms. The summed E-state index contributed by atoms with van der Waals surface area (Å²) in [7, 11) is 1.74. The first-order chi connectivity index (χ1) is 28.5. The molecule has 0 saturated carbocycles. The summed E-state index contributed by atoms with van der Waals surface area (Å²) in [5.74, 6) is 1.19. The first-order valence-electron chi connectivity index (χ1n) is 21.5. The normalized spacial score (nSPS) is 17.4. The minimum absolute atomic E-state index is 0.0163. The Balaban J connectivity index is 1.35. The lowest BCUT2D eigenvalue weighted by molar-refractivity contribution is 0.416. The van der Waals surface area contributed by atoms with Crippen LogP contribution in [0.5, 0.6) is 5.75 Å². The maximum atomic E-state index is 5.94. The van der Waals surface area contributed by atoms with Gasteiger partial charge in [0.2, 0.25) is 0 Å². The lowest BCUT2D eigenvalue weighted by Crippen LogP contribution is -2.16. The van der Waals surface area contributed by atoms with Crippen molar-refractivity contribution in [3.8, 4) is 39.4 Å². The molecule has 304 valence electrons. The van der Waals surface area contributed by atoms with Gasteiger partial charge in [-0.2, -0.15) is 0 Å². The molecule has 0 saturated heterocycles. The summed E-state index contributed by atoms with van der Waals surface area (Å²) in [6.45, 7) is 23.0. The zero-order valence-corrected chi connectivity index (χ0v) is 37.4. The smallest absolute Gasteiger partial charge is 0.128 e. The number of nitrogens with zero attached hydrogens (tertiary/aromatic N) is 1. The second-order valence-corrected chi connectivity index (χ2v) is 19.9. The van der Waals surface area contributed by atoms with Crippen molar-refractivity contribution in [1.29, 1.82) is 0 Å². The maximum Gasteiger partial charge on any atom is 0.128 e. The molecule has 0 fully saturated rings. The number of H-pyrrole nitrogens is 1. The third-order valence-corrected chi connectivity index (χ3v) is 12.1. The van der Waals surface area contributed by atoms with Gasteiger partial charge in [-0.1, -0.05) is 160 Å². The third kappa shape index (κ3) is 8.28. The Morgan fingerprint density at radius 1 is 0.567 bits per heavy atom. The van der Waals surface area contributed by atoms with Crippen molar-refractivity contribution in [2.45, 2.75) is 91.9 Å². The van der Waals surface area contributed by atoms with E-state index in [2.05, 4.69) is 202 Å². The molecule has 5 aromatic carbocycles. The van der Waals surface area contributed by atoms with Crippen LogP contribution < -0.4 is 4.74 Å². The summed E-state index contributed by atoms with van der Waals surface area (Å²) in [6.07, 6.45) is 10.5. The van der Waals surface area contributed by atoms with Crippen LogP contribution in [0, 0.1) is 5.92 Å². The molecule has 0 radical (unpaired) electrons. The van der Waals surface area contributed by atoms with E-state index in [-0.39, 0.29) is 16.2 Å². The predicted octanol–water partition coefficient (Wildman–Crippen LogP) is 15.7. The van der Waals surface area contributed by atoms with Crippen molar-refractivity contribution in [3.63, 3.8) is 0 Å². The Kier molecular flexibility index (Phi) is 10.6. The molecule has 3 heteroatoms. The van der Waals surface area contributed by atoms with Gasteiger partial charge >= 0.3 is 0 Å². The number of benzene rings is 5. The van der Waals surface area contributed by atoms with Crippen LogP contribution in [0.25, 0.3) is 66.6 Å². The maximum absolute atomic E-state index is 5.94. The number of para-hydroxylation sites is 3. The number of fused-ring (bicyclic) bond motifs is 3. The Bertz CT molecular complexity index is 2810. The number of hydrogen-bond acceptors (Lipinski definition) is 2. The van der Waals surface area contributed by atoms with Crippen LogP contribution in [0.4, 0.5) is 0 Å². The third-order valence-electron chi connectivity index (χ3n) is 12.1. The van der Waals surface area contributed by atoms with E-state index < -0.39 is 0 Å². The molecule has 2 heterocycles. The number of aromatic amines is 1. The highest BCUT2D eigenvalue weighted by Crippen LogP contribution is 2.41. The van der Waals surface area contributed by atoms with E-state index in [1.54, 1.807) is 7.11 Å². The summed E-state index contributed by atoms with van der Waals surface area (Å²) >= 11 is 0. The number of aromatic nitrogens is 2. The van der Waals surface area contributed by atoms with Gasteiger partial charge in [-0.15, -0.1) is 0 Å². The van der Waals surface area contributed by atoms with Crippen molar-refractivity contribution in [1.82, 2.24) is 9.97 Å². The molecule has 1 atom stereocenters. The van der Waals surface area contributed by atoms with Crippen LogP contribution >= 0.6 is 0 Å². The van der Waals surface area contributed by atoms with Gasteiger partial charge in [-0.05, 0) is 122 Å². The van der Waals surface area contributed by atoms with Crippen LogP contribution in [0.1, 0.15) is 103 Å². The number of ether oxygens (including phenoxy) is 1. The quantitative estimate of drug-likeness (QED) is 0.182. The molecule has 0 aliphatic heterocycles. The van der Waals surface area contributed by atoms with Crippen molar-refractivity contribution >= 4 is 33.0 Å². The number of pyridine rings is 1. The summed E-state index contributed by atoms with van der Waals surface area (Å²) in [4.78, 5) is 9.26. The SMILES string of the molecule is COc1ccccc1-c1cc(-c2cc(C(C)(C)C)cc(C(C)(C)C)c2)cc(-c2cc(C3=C/CC(C)/C=C/C(c4cccc5c4[nH]c4ccccc45)=C\3)cc(C(C)(C)C)c2)n1. The molecule has 1 N–H and O–H groups in total. The minimum atomic E-state index is -0.103. The van der Waals surface area contributed by atoms with Crippen molar-refractivity contribution in [2.75, 3.05) is 7.11 Å². The number of methoxy groups -OCH3 is 1.